The predicted molar refractivity (Wildman–Crippen MR) is 79.9 cm³/mol. The number of aryl methyl sites for hydroxylation is 1. The zero-order chi connectivity index (χ0) is 15.3. The summed E-state index contributed by atoms with van der Waals surface area (Å²) in [6.45, 7) is 2.43. The van der Waals surface area contributed by atoms with E-state index in [-0.39, 0.29) is 11.8 Å². The number of nitriles is 1. The zero-order valence-electron chi connectivity index (χ0n) is 12.4. The number of carboxylic acid groups (broad SMARTS) is 1. The van der Waals surface area contributed by atoms with Gasteiger partial charge in [0.05, 0.1) is 12.0 Å². The minimum Gasteiger partial charge on any atom is -0.481 e. The normalized spacial score (nSPS) is 17.0. The van der Waals surface area contributed by atoms with E-state index in [0.717, 1.165) is 31.4 Å². The Labute approximate surface area is 125 Å². The molecule has 0 aromatic carbocycles. The van der Waals surface area contributed by atoms with E-state index in [1.165, 1.54) is 6.42 Å². The van der Waals surface area contributed by atoms with Crippen LogP contribution in [0.1, 0.15) is 49.8 Å². The first-order valence-electron chi connectivity index (χ1n) is 7.38. The van der Waals surface area contributed by atoms with E-state index >= 15 is 0 Å². The van der Waals surface area contributed by atoms with E-state index in [0.29, 0.717) is 17.9 Å². The fourth-order valence-corrected chi connectivity index (χ4v) is 3.09. The molecule has 1 fully saturated rings. The monoisotopic (exact) mass is 287 g/mol. The van der Waals surface area contributed by atoms with Gasteiger partial charge < -0.3 is 10.4 Å². The van der Waals surface area contributed by atoms with Gasteiger partial charge in [-0.05, 0) is 37.3 Å². The van der Waals surface area contributed by atoms with Gasteiger partial charge in [0.1, 0.15) is 11.9 Å². The Kier molecular flexibility index (Phi) is 4.79. The molecule has 1 saturated carbocycles. The lowest BCUT2D eigenvalue weighted by molar-refractivity contribution is -0.140. The molecule has 1 aliphatic rings. The lowest BCUT2D eigenvalue weighted by atomic mass is 9.71. The molecule has 1 aliphatic carbocycles. The van der Waals surface area contributed by atoms with Gasteiger partial charge in [-0.2, -0.15) is 5.26 Å². The van der Waals surface area contributed by atoms with Crippen molar-refractivity contribution in [1.29, 1.82) is 5.26 Å². The zero-order valence-corrected chi connectivity index (χ0v) is 12.4. The molecule has 5 heteroatoms. The van der Waals surface area contributed by atoms with Gasteiger partial charge in [0, 0.05) is 12.2 Å². The molecule has 2 rings (SSSR count). The molecule has 0 amide bonds. The summed E-state index contributed by atoms with van der Waals surface area (Å²) in [5.74, 6) is -0.191. The lowest BCUT2D eigenvalue weighted by Gasteiger charge is -2.36. The highest BCUT2D eigenvalue weighted by Gasteiger charge is 2.34. The molecule has 2 N–H and O–H groups in total. The maximum atomic E-state index is 11.2. The summed E-state index contributed by atoms with van der Waals surface area (Å²) in [6, 6.07) is 5.67. The molecule has 1 aromatic rings. The molecule has 0 saturated heterocycles. The van der Waals surface area contributed by atoms with Gasteiger partial charge in [0.2, 0.25) is 0 Å². The molecule has 112 valence electrons. The van der Waals surface area contributed by atoms with Crippen molar-refractivity contribution in [2.75, 3.05) is 11.9 Å². The summed E-state index contributed by atoms with van der Waals surface area (Å²) in [5, 5.41) is 21.5. The van der Waals surface area contributed by atoms with Gasteiger partial charge in [-0.25, -0.2) is 4.98 Å². The summed E-state index contributed by atoms with van der Waals surface area (Å²) in [5.41, 5.74) is 1.12. The average Bonchev–Trinajstić information content (AvgIpc) is 2.46. The lowest BCUT2D eigenvalue weighted by Crippen LogP contribution is -2.34. The average molecular weight is 287 g/mol. The van der Waals surface area contributed by atoms with Gasteiger partial charge in [-0.15, -0.1) is 0 Å². The highest BCUT2D eigenvalue weighted by atomic mass is 16.4. The molecule has 5 nitrogen and oxygen atoms in total. The van der Waals surface area contributed by atoms with Crippen molar-refractivity contribution >= 4 is 11.8 Å². The standard InChI is InChI=1S/C16H21N3O2/c1-12-5-6-13(10-17)15(19-12)18-11-16(9-14(20)21)7-3-2-4-8-16/h5-6H,2-4,7-9,11H2,1H3,(H,18,19)(H,20,21). The third-order valence-electron chi connectivity index (χ3n) is 4.23. The SMILES string of the molecule is Cc1ccc(C#N)c(NCC2(CC(=O)O)CCCCC2)n1. The van der Waals surface area contributed by atoms with Crippen molar-refractivity contribution in [3.8, 4) is 6.07 Å². The van der Waals surface area contributed by atoms with Crippen LogP contribution in [0, 0.1) is 23.7 Å². The third kappa shape index (κ3) is 3.94. The Morgan fingerprint density at radius 3 is 2.76 bits per heavy atom. The fourth-order valence-electron chi connectivity index (χ4n) is 3.09. The number of pyridine rings is 1. The quantitative estimate of drug-likeness (QED) is 0.869. The number of aromatic nitrogens is 1. The molecule has 0 aliphatic heterocycles. The Bertz CT molecular complexity index is 557. The Morgan fingerprint density at radius 1 is 1.43 bits per heavy atom. The molecule has 0 atom stereocenters. The van der Waals surface area contributed by atoms with Crippen molar-refractivity contribution in [3.63, 3.8) is 0 Å². The second-order valence-corrected chi connectivity index (χ2v) is 5.95. The molecule has 0 unspecified atom stereocenters. The molecular formula is C16H21N3O2. The van der Waals surface area contributed by atoms with Crippen LogP contribution in [0.15, 0.2) is 12.1 Å². The first-order valence-corrected chi connectivity index (χ1v) is 7.38. The van der Waals surface area contributed by atoms with Gasteiger partial charge in [0.25, 0.3) is 0 Å². The van der Waals surface area contributed by atoms with E-state index in [1.54, 1.807) is 12.1 Å². The summed E-state index contributed by atoms with van der Waals surface area (Å²) in [7, 11) is 0. The number of nitrogens with one attached hydrogen (secondary N) is 1. The van der Waals surface area contributed by atoms with Crippen LogP contribution >= 0.6 is 0 Å². The first kappa shape index (κ1) is 15.3. The topological polar surface area (TPSA) is 86.0 Å². The van der Waals surface area contributed by atoms with Crippen molar-refractivity contribution in [2.45, 2.75) is 45.4 Å². The minimum atomic E-state index is -0.753. The maximum Gasteiger partial charge on any atom is 0.303 e. The van der Waals surface area contributed by atoms with Crippen LogP contribution in [-0.2, 0) is 4.79 Å². The van der Waals surface area contributed by atoms with Gasteiger partial charge in [0.15, 0.2) is 0 Å². The number of rotatable bonds is 5. The van der Waals surface area contributed by atoms with Crippen LogP contribution in [0.25, 0.3) is 0 Å². The van der Waals surface area contributed by atoms with Crippen molar-refractivity contribution in [3.05, 3.63) is 23.4 Å². The largest absolute Gasteiger partial charge is 0.481 e. The molecule has 1 heterocycles. The van der Waals surface area contributed by atoms with Gasteiger partial charge in [-0.1, -0.05) is 19.3 Å². The summed E-state index contributed by atoms with van der Waals surface area (Å²) < 4.78 is 0. The van der Waals surface area contributed by atoms with E-state index in [1.807, 2.05) is 6.92 Å². The smallest absolute Gasteiger partial charge is 0.303 e. The summed E-state index contributed by atoms with van der Waals surface area (Å²) >= 11 is 0. The maximum absolute atomic E-state index is 11.2. The number of hydrogen-bond donors (Lipinski definition) is 2. The molecule has 0 radical (unpaired) electrons. The summed E-state index contributed by atoms with van der Waals surface area (Å²) in [4.78, 5) is 15.5. The van der Waals surface area contributed by atoms with E-state index < -0.39 is 5.97 Å². The summed E-state index contributed by atoms with van der Waals surface area (Å²) in [6.07, 6.45) is 5.32. The molecule has 0 bridgehead atoms. The third-order valence-corrected chi connectivity index (χ3v) is 4.23. The molecule has 1 aromatic heterocycles. The second kappa shape index (κ2) is 6.57. The molecule has 21 heavy (non-hydrogen) atoms. The van der Waals surface area contributed by atoms with Gasteiger partial charge in [-0.3, -0.25) is 4.79 Å². The highest BCUT2D eigenvalue weighted by Crippen LogP contribution is 2.39. The number of carbonyl (C=O) groups is 1. The fraction of sp³-hybridized carbons (Fsp3) is 0.562. The van der Waals surface area contributed by atoms with E-state index in [2.05, 4.69) is 16.4 Å². The van der Waals surface area contributed by atoms with Crippen LogP contribution in [0.5, 0.6) is 0 Å². The number of nitrogens with zero attached hydrogens (tertiary/aromatic N) is 2. The first-order chi connectivity index (χ1) is 10.0. The number of carboxylic acids is 1. The highest BCUT2D eigenvalue weighted by molar-refractivity contribution is 5.68. The predicted octanol–water partition coefficient (Wildman–Crippen LogP) is 3.10. The number of anilines is 1. The second-order valence-electron chi connectivity index (χ2n) is 5.95. The Hall–Kier alpha value is -2.09. The van der Waals surface area contributed by atoms with Crippen LogP contribution < -0.4 is 5.32 Å². The number of hydrogen-bond acceptors (Lipinski definition) is 4. The van der Waals surface area contributed by atoms with E-state index in [9.17, 15) is 9.90 Å². The van der Waals surface area contributed by atoms with Crippen molar-refractivity contribution in [1.82, 2.24) is 4.98 Å². The van der Waals surface area contributed by atoms with E-state index in [4.69, 9.17) is 5.26 Å². The Balaban J connectivity index is 2.13. The van der Waals surface area contributed by atoms with Crippen LogP contribution in [0.2, 0.25) is 0 Å². The van der Waals surface area contributed by atoms with Crippen molar-refractivity contribution in [2.24, 2.45) is 5.41 Å². The van der Waals surface area contributed by atoms with Crippen molar-refractivity contribution < 1.29 is 9.90 Å². The van der Waals surface area contributed by atoms with Crippen LogP contribution in [0.3, 0.4) is 0 Å². The van der Waals surface area contributed by atoms with Gasteiger partial charge >= 0.3 is 5.97 Å². The van der Waals surface area contributed by atoms with Crippen LogP contribution in [0.4, 0.5) is 5.82 Å². The Morgan fingerprint density at radius 2 is 2.14 bits per heavy atom. The molecular weight excluding hydrogens is 266 g/mol. The van der Waals surface area contributed by atoms with Crippen LogP contribution in [-0.4, -0.2) is 22.6 Å². The molecule has 0 spiro atoms. The number of aliphatic carboxylic acids is 1. The minimum absolute atomic E-state index is 0.174.